The van der Waals surface area contributed by atoms with E-state index in [9.17, 15) is 23.3 Å². The number of carbonyl (C=O) groups excluding carboxylic acids is 1. The van der Waals surface area contributed by atoms with Gasteiger partial charge < -0.3 is 4.42 Å². The van der Waals surface area contributed by atoms with E-state index >= 15 is 0 Å². The van der Waals surface area contributed by atoms with Gasteiger partial charge in [0.25, 0.3) is 11.6 Å². The van der Waals surface area contributed by atoms with Crippen molar-refractivity contribution >= 4 is 33.7 Å². The van der Waals surface area contributed by atoms with Crippen molar-refractivity contribution < 1.29 is 22.6 Å². The second-order valence-corrected chi connectivity index (χ2v) is 8.55. The molecule has 3 rings (SSSR count). The van der Waals surface area contributed by atoms with E-state index in [0.717, 1.165) is 4.31 Å². The third kappa shape index (κ3) is 5.18. The highest BCUT2D eigenvalue weighted by Gasteiger charge is 2.18. The van der Waals surface area contributed by atoms with Gasteiger partial charge in [-0.1, -0.05) is 5.10 Å². The number of sulfonamides is 1. The summed E-state index contributed by atoms with van der Waals surface area (Å²) in [5.41, 5.74) is 1.03. The number of nitro benzene ring substituents is 1. The fourth-order valence-corrected chi connectivity index (χ4v) is 3.30. The molecule has 1 N–H and O–H groups in total. The van der Waals surface area contributed by atoms with Crippen LogP contribution < -0.4 is 5.32 Å². The molecule has 11 nitrogen and oxygen atoms in total. The van der Waals surface area contributed by atoms with Crippen LogP contribution >= 0.6 is 0 Å². The van der Waals surface area contributed by atoms with E-state index in [4.69, 9.17) is 4.42 Å². The number of nitrogens with zero attached hydrogens (tertiary/aromatic N) is 4. The van der Waals surface area contributed by atoms with Crippen LogP contribution in [0.3, 0.4) is 0 Å². The molecule has 1 heterocycles. The minimum atomic E-state index is -3.55. The van der Waals surface area contributed by atoms with Gasteiger partial charge in [0.1, 0.15) is 0 Å². The van der Waals surface area contributed by atoms with Crippen LogP contribution in [-0.4, -0.2) is 47.8 Å². The van der Waals surface area contributed by atoms with Crippen molar-refractivity contribution in [1.82, 2.24) is 14.5 Å². The lowest BCUT2D eigenvalue weighted by Crippen LogP contribution is -2.22. The van der Waals surface area contributed by atoms with Crippen LogP contribution in [0.5, 0.6) is 0 Å². The Hall–Kier alpha value is -3.90. The first kappa shape index (κ1) is 21.8. The summed E-state index contributed by atoms with van der Waals surface area (Å²) in [6.07, 6.45) is 2.69. The van der Waals surface area contributed by atoms with E-state index in [1.807, 2.05) is 0 Å². The lowest BCUT2D eigenvalue weighted by atomic mass is 10.2. The van der Waals surface area contributed by atoms with Gasteiger partial charge in [0.05, 0.1) is 9.82 Å². The number of carbonyl (C=O) groups is 1. The molecule has 3 aromatic rings. The number of nitro groups is 1. The summed E-state index contributed by atoms with van der Waals surface area (Å²) in [5, 5.41) is 20.6. The summed E-state index contributed by atoms with van der Waals surface area (Å²) in [4.78, 5) is 22.3. The summed E-state index contributed by atoms with van der Waals surface area (Å²) < 4.78 is 30.7. The van der Waals surface area contributed by atoms with Gasteiger partial charge in [-0.2, -0.15) is 0 Å². The van der Waals surface area contributed by atoms with Gasteiger partial charge in [-0.15, -0.1) is 5.10 Å². The standard InChI is InChI=1S/C19H17N5O6S/c1-23(2)31(28,29)16-10-6-14(7-11-16)18-21-22-19(30-18)20-17(25)12-5-13-3-8-15(9-4-13)24(26)27/h3-12H,1-2H3,(H,20,22,25). The molecule has 0 bridgehead atoms. The Bertz CT molecular complexity index is 1230. The molecule has 0 saturated carbocycles. The predicted octanol–water partition coefficient (Wildman–Crippen LogP) is 2.55. The van der Waals surface area contributed by atoms with Gasteiger partial charge in [0.15, 0.2) is 0 Å². The monoisotopic (exact) mass is 443 g/mol. The maximum absolute atomic E-state index is 12.1. The average molecular weight is 443 g/mol. The Labute approximate surface area is 177 Å². The van der Waals surface area contributed by atoms with E-state index in [1.165, 1.54) is 74.8 Å². The Kier molecular flexibility index (Phi) is 6.22. The average Bonchev–Trinajstić information content (AvgIpc) is 3.21. The number of benzene rings is 2. The van der Waals surface area contributed by atoms with Crippen LogP contribution in [0.25, 0.3) is 17.5 Å². The molecule has 160 valence electrons. The number of amides is 1. The molecule has 1 amide bonds. The Morgan fingerprint density at radius 1 is 1.10 bits per heavy atom. The highest BCUT2D eigenvalue weighted by molar-refractivity contribution is 7.89. The molecule has 12 heteroatoms. The SMILES string of the molecule is CN(C)S(=O)(=O)c1ccc(-c2nnc(NC(=O)C=Cc3ccc([N+](=O)[O-])cc3)o2)cc1. The number of non-ortho nitro benzene ring substituents is 1. The van der Waals surface area contributed by atoms with E-state index in [2.05, 4.69) is 15.5 Å². The number of aromatic nitrogens is 2. The van der Waals surface area contributed by atoms with Crippen LogP contribution in [0, 0.1) is 10.1 Å². The van der Waals surface area contributed by atoms with Crippen molar-refractivity contribution in [3.05, 3.63) is 70.3 Å². The molecular weight excluding hydrogens is 426 g/mol. The van der Waals surface area contributed by atoms with Gasteiger partial charge in [-0.05, 0) is 48.0 Å². The molecule has 0 aliphatic heterocycles. The zero-order valence-corrected chi connectivity index (χ0v) is 17.2. The van der Waals surface area contributed by atoms with Crippen LogP contribution in [0.4, 0.5) is 11.7 Å². The Balaban J connectivity index is 1.65. The molecule has 0 radical (unpaired) electrons. The highest BCUT2D eigenvalue weighted by Crippen LogP contribution is 2.22. The van der Waals surface area contributed by atoms with Crippen molar-refractivity contribution in [3.63, 3.8) is 0 Å². The van der Waals surface area contributed by atoms with E-state index in [0.29, 0.717) is 11.1 Å². The molecule has 0 unspecified atom stereocenters. The zero-order chi connectivity index (χ0) is 22.6. The normalized spacial score (nSPS) is 11.7. The minimum Gasteiger partial charge on any atom is -0.403 e. The summed E-state index contributed by atoms with van der Waals surface area (Å²) >= 11 is 0. The molecule has 0 atom stereocenters. The van der Waals surface area contributed by atoms with Crippen LogP contribution in [0.15, 0.2) is 63.9 Å². The number of nitrogens with one attached hydrogen (secondary N) is 1. The smallest absolute Gasteiger partial charge is 0.322 e. The minimum absolute atomic E-state index is 0.0488. The van der Waals surface area contributed by atoms with Gasteiger partial charge >= 0.3 is 6.01 Å². The van der Waals surface area contributed by atoms with Crippen LogP contribution in [0.2, 0.25) is 0 Å². The number of rotatable bonds is 7. The molecular formula is C19H17N5O6S. The first-order chi connectivity index (χ1) is 14.7. The fraction of sp³-hybridized carbons (Fsp3) is 0.105. The predicted molar refractivity (Wildman–Crippen MR) is 111 cm³/mol. The lowest BCUT2D eigenvalue weighted by molar-refractivity contribution is -0.384. The number of hydrogen-bond acceptors (Lipinski definition) is 8. The molecule has 0 spiro atoms. The molecule has 0 saturated heterocycles. The Morgan fingerprint density at radius 3 is 2.32 bits per heavy atom. The van der Waals surface area contributed by atoms with E-state index in [-0.39, 0.29) is 22.5 Å². The number of anilines is 1. The third-order valence-corrected chi connectivity index (χ3v) is 5.90. The first-order valence-corrected chi connectivity index (χ1v) is 10.2. The number of hydrogen-bond donors (Lipinski definition) is 1. The molecule has 31 heavy (non-hydrogen) atoms. The van der Waals surface area contributed by atoms with Gasteiger partial charge in [0.2, 0.25) is 15.9 Å². The second-order valence-electron chi connectivity index (χ2n) is 6.40. The van der Waals surface area contributed by atoms with Gasteiger partial charge in [-0.25, -0.2) is 12.7 Å². The second kappa shape index (κ2) is 8.85. The largest absolute Gasteiger partial charge is 0.403 e. The molecule has 2 aromatic carbocycles. The summed E-state index contributed by atoms with van der Waals surface area (Å²) in [7, 11) is -0.680. The quantitative estimate of drug-likeness (QED) is 0.333. The molecule has 0 aliphatic rings. The summed E-state index contributed by atoms with van der Waals surface area (Å²) in [5.74, 6) is -0.440. The molecule has 0 fully saturated rings. The highest BCUT2D eigenvalue weighted by atomic mass is 32.2. The maximum Gasteiger partial charge on any atom is 0.322 e. The van der Waals surface area contributed by atoms with Crippen LogP contribution in [0.1, 0.15) is 5.56 Å². The van der Waals surface area contributed by atoms with Gasteiger partial charge in [-0.3, -0.25) is 20.2 Å². The Morgan fingerprint density at radius 2 is 1.74 bits per heavy atom. The lowest BCUT2D eigenvalue weighted by Gasteiger charge is -2.11. The van der Waals surface area contributed by atoms with Crippen molar-refractivity contribution in [1.29, 1.82) is 0 Å². The van der Waals surface area contributed by atoms with E-state index < -0.39 is 20.9 Å². The van der Waals surface area contributed by atoms with Gasteiger partial charge in [0, 0.05) is 37.9 Å². The van der Waals surface area contributed by atoms with Crippen molar-refractivity contribution in [3.8, 4) is 11.5 Å². The molecule has 1 aromatic heterocycles. The fourth-order valence-electron chi connectivity index (χ4n) is 2.40. The topological polar surface area (TPSA) is 149 Å². The third-order valence-electron chi connectivity index (χ3n) is 4.07. The zero-order valence-electron chi connectivity index (χ0n) is 16.4. The molecule has 0 aliphatic carbocycles. The van der Waals surface area contributed by atoms with Crippen molar-refractivity contribution in [2.24, 2.45) is 0 Å². The summed E-state index contributed by atoms with van der Waals surface area (Å²) in [6.45, 7) is 0. The maximum atomic E-state index is 12.1. The van der Waals surface area contributed by atoms with Crippen LogP contribution in [-0.2, 0) is 14.8 Å². The van der Waals surface area contributed by atoms with Crippen molar-refractivity contribution in [2.75, 3.05) is 19.4 Å². The van der Waals surface area contributed by atoms with E-state index in [1.54, 1.807) is 0 Å². The summed E-state index contributed by atoms with van der Waals surface area (Å²) in [6, 6.07) is 11.4. The van der Waals surface area contributed by atoms with Crippen molar-refractivity contribution in [2.45, 2.75) is 4.90 Å². The first-order valence-electron chi connectivity index (χ1n) is 8.77.